The highest BCUT2D eigenvalue weighted by molar-refractivity contribution is 6.14. The summed E-state index contributed by atoms with van der Waals surface area (Å²) in [6.07, 6.45) is -9.76. The van der Waals surface area contributed by atoms with Gasteiger partial charge in [-0.2, -0.15) is 0 Å². The maximum absolute atomic E-state index is 14.7. The summed E-state index contributed by atoms with van der Waals surface area (Å²) in [6, 6.07) is 22.4. The smallest absolute Gasteiger partial charge is 0.303 e. The lowest BCUT2D eigenvalue weighted by atomic mass is 9.85. The van der Waals surface area contributed by atoms with Crippen molar-refractivity contribution in [3.8, 4) is 0 Å². The van der Waals surface area contributed by atoms with Gasteiger partial charge >= 0.3 is 35.8 Å². The van der Waals surface area contributed by atoms with Crippen LogP contribution in [0.2, 0.25) is 0 Å². The molecule has 0 aromatic heterocycles. The number of fused-ring (bicyclic) bond motifs is 1. The average molecular weight is 971 g/mol. The second kappa shape index (κ2) is 22.4. The van der Waals surface area contributed by atoms with Crippen molar-refractivity contribution < 1.29 is 86.5 Å². The summed E-state index contributed by atoms with van der Waals surface area (Å²) in [7, 11) is 0. The first-order chi connectivity index (χ1) is 33.2. The highest BCUT2D eigenvalue weighted by Gasteiger charge is 2.59. The van der Waals surface area contributed by atoms with Crippen molar-refractivity contribution >= 4 is 58.4 Å². The lowest BCUT2D eigenvalue weighted by Crippen LogP contribution is -2.72. The Hall–Kier alpha value is -7.26. The van der Waals surface area contributed by atoms with Crippen LogP contribution in [0.15, 0.2) is 97.1 Å². The van der Waals surface area contributed by atoms with Crippen LogP contribution in [0.3, 0.4) is 0 Å². The Morgan fingerprint density at radius 1 is 0.457 bits per heavy atom. The number of hydrogen-bond donors (Lipinski definition) is 4. The van der Waals surface area contributed by atoms with Crippen molar-refractivity contribution in [2.45, 2.75) is 115 Å². The molecule has 6 rings (SSSR count). The summed E-state index contributed by atoms with van der Waals surface area (Å²) in [6.45, 7) is 5.48. The van der Waals surface area contributed by atoms with Gasteiger partial charge in [-0.15, -0.1) is 0 Å². The minimum Gasteiger partial charge on any atom is -0.463 e. The SMILES string of the molecule is CC(=O)OC[C@H]1O[C@@](O)(Cc2ccccc2)[C@H](NC(=O)c2ccc(C(=O)N[C@@H]3[C@@H](OC(C)=O)[C@H](OC(C)=O)[C@@H](COC(C)=O)O[C@@]3(O)Cc3ccccc3)c3ccccc23)[C@@H](OC(C)=O)[C@@H]1OC(C)=O. The fourth-order valence-electron chi connectivity index (χ4n) is 8.70. The topological polar surface area (TPSA) is 275 Å². The summed E-state index contributed by atoms with van der Waals surface area (Å²) in [4.78, 5) is 104. The summed E-state index contributed by atoms with van der Waals surface area (Å²) < 4.78 is 45.3. The van der Waals surface area contributed by atoms with Crippen molar-refractivity contribution in [3.05, 3.63) is 119 Å². The Kier molecular flexibility index (Phi) is 16.7. The fourth-order valence-corrected chi connectivity index (χ4v) is 8.70. The standard InChI is InChI=1S/C50H54N2O18/c1-27(53)63-25-39-41(65-29(3)55)43(67-31(5)57)45(49(61,69-39)23-33-15-9-7-10-16-33)51-47(59)37-21-22-38(36-20-14-13-19-35(36)37)48(60)52-46-44(68-32(6)58)42(66-30(4)56)40(26-64-28(2)54)70-50(46,62)24-34-17-11-8-12-18-34/h7-22,39-46,61-62H,23-26H2,1-6H3,(H,51,59)(H,52,60)/t39-,40-,41-,42-,43+,44+,45-,46-,49+,50+/m1/s1. The summed E-state index contributed by atoms with van der Waals surface area (Å²) in [5, 5.41) is 30.9. The first-order valence-electron chi connectivity index (χ1n) is 22.1. The molecule has 0 unspecified atom stereocenters. The van der Waals surface area contributed by atoms with Crippen molar-refractivity contribution in [1.29, 1.82) is 0 Å². The monoisotopic (exact) mass is 970 g/mol. The van der Waals surface area contributed by atoms with Gasteiger partial charge in [0, 0.05) is 65.5 Å². The lowest BCUT2D eigenvalue weighted by molar-refractivity contribution is -0.320. The number of nitrogens with one attached hydrogen (secondary N) is 2. The molecule has 70 heavy (non-hydrogen) atoms. The maximum Gasteiger partial charge on any atom is 0.303 e. The molecule has 4 N–H and O–H groups in total. The van der Waals surface area contributed by atoms with E-state index in [1.54, 1.807) is 72.8 Å². The van der Waals surface area contributed by atoms with Crippen molar-refractivity contribution in [3.63, 3.8) is 0 Å². The van der Waals surface area contributed by atoms with Crippen molar-refractivity contribution in [2.75, 3.05) is 13.2 Å². The zero-order valence-electron chi connectivity index (χ0n) is 39.1. The molecule has 20 heteroatoms. The molecule has 2 fully saturated rings. The van der Waals surface area contributed by atoms with Gasteiger partial charge in [0.2, 0.25) is 0 Å². The first-order valence-corrected chi connectivity index (χ1v) is 22.1. The van der Waals surface area contributed by atoms with E-state index in [-0.39, 0.29) is 34.7 Å². The van der Waals surface area contributed by atoms with Gasteiger partial charge in [0.15, 0.2) is 36.0 Å². The molecule has 4 aromatic rings. The number of aliphatic hydroxyl groups is 2. The Labute approximate surface area is 401 Å². The van der Waals surface area contributed by atoms with Gasteiger partial charge in [0.05, 0.1) is 0 Å². The largest absolute Gasteiger partial charge is 0.463 e. The van der Waals surface area contributed by atoms with Crippen molar-refractivity contribution in [1.82, 2.24) is 10.6 Å². The molecule has 2 amide bonds. The van der Waals surface area contributed by atoms with E-state index in [2.05, 4.69) is 10.6 Å². The van der Waals surface area contributed by atoms with Crippen LogP contribution in [0.5, 0.6) is 0 Å². The van der Waals surface area contributed by atoms with E-state index in [4.69, 9.17) is 37.9 Å². The van der Waals surface area contributed by atoms with Crippen LogP contribution in [-0.4, -0.2) is 131 Å². The third kappa shape index (κ3) is 12.7. The Bertz CT molecular complexity index is 2420. The number of carbonyl (C=O) groups excluding carboxylic acids is 8. The third-order valence-corrected chi connectivity index (χ3v) is 11.4. The number of hydrogen-bond acceptors (Lipinski definition) is 18. The van der Waals surface area contributed by atoms with E-state index in [1.165, 1.54) is 24.3 Å². The Morgan fingerprint density at radius 2 is 0.771 bits per heavy atom. The van der Waals surface area contributed by atoms with Crippen LogP contribution < -0.4 is 10.6 Å². The molecule has 372 valence electrons. The Balaban J connectivity index is 1.41. The minimum absolute atomic E-state index is 0.0653. The minimum atomic E-state index is -2.42. The predicted octanol–water partition coefficient (Wildman–Crippen LogP) is 2.55. The number of rotatable bonds is 16. The average Bonchev–Trinajstić information content (AvgIpc) is 3.29. The zero-order chi connectivity index (χ0) is 50.9. The molecular formula is C50H54N2O18. The summed E-state index contributed by atoms with van der Waals surface area (Å²) >= 11 is 0. The first kappa shape index (κ1) is 52.1. The molecule has 0 saturated carbocycles. The van der Waals surface area contributed by atoms with Crippen LogP contribution in [0.25, 0.3) is 10.8 Å². The van der Waals surface area contributed by atoms with Gasteiger partial charge in [0.1, 0.15) is 37.5 Å². The molecule has 0 bridgehead atoms. The highest BCUT2D eigenvalue weighted by Crippen LogP contribution is 2.38. The number of amides is 2. The van der Waals surface area contributed by atoms with E-state index < -0.39 is 121 Å². The van der Waals surface area contributed by atoms with Gasteiger partial charge in [-0.3, -0.25) is 38.4 Å². The van der Waals surface area contributed by atoms with Crippen LogP contribution in [0, 0.1) is 0 Å². The van der Waals surface area contributed by atoms with Crippen LogP contribution in [-0.2, 0) is 79.5 Å². The lowest BCUT2D eigenvalue weighted by Gasteiger charge is -2.50. The molecule has 4 aromatic carbocycles. The molecular weight excluding hydrogens is 917 g/mol. The second-order valence-electron chi connectivity index (χ2n) is 16.8. The molecule has 0 radical (unpaired) electrons. The molecule has 0 aliphatic carbocycles. The Morgan fingerprint density at radius 3 is 1.09 bits per heavy atom. The predicted molar refractivity (Wildman–Crippen MR) is 242 cm³/mol. The molecule has 2 aliphatic heterocycles. The highest BCUT2D eigenvalue weighted by atomic mass is 16.7. The number of carbonyl (C=O) groups is 8. The van der Waals surface area contributed by atoms with Gasteiger partial charge < -0.3 is 58.7 Å². The maximum atomic E-state index is 14.7. The molecule has 2 saturated heterocycles. The van der Waals surface area contributed by atoms with E-state index in [1.807, 2.05) is 0 Å². The summed E-state index contributed by atoms with van der Waals surface area (Å²) in [5.74, 6) is -11.5. The normalized spacial score (nSPS) is 26.1. The third-order valence-electron chi connectivity index (χ3n) is 11.4. The van der Waals surface area contributed by atoms with Gasteiger partial charge in [0.25, 0.3) is 11.8 Å². The van der Waals surface area contributed by atoms with E-state index in [9.17, 15) is 48.6 Å². The molecule has 2 heterocycles. The quantitative estimate of drug-likeness (QED) is 0.0928. The van der Waals surface area contributed by atoms with E-state index in [0.29, 0.717) is 11.1 Å². The number of benzene rings is 4. The van der Waals surface area contributed by atoms with Crippen LogP contribution >= 0.6 is 0 Å². The van der Waals surface area contributed by atoms with Gasteiger partial charge in [-0.05, 0) is 34.0 Å². The van der Waals surface area contributed by atoms with E-state index in [0.717, 1.165) is 41.5 Å². The molecule has 20 nitrogen and oxygen atoms in total. The van der Waals surface area contributed by atoms with Crippen LogP contribution in [0.1, 0.15) is 73.4 Å². The molecule has 2 aliphatic rings. The van der Waals surface area contributed by atoms with Gasteiger partial charge in [-0.1, -0.05) is 84.9 Å². The second-order valence-corrected chi connectivity index (χ2v) is 16.8. The number of esters is 6. The molecule has 10 atom stereocenters. The van der Waals surface area contributed by atoms with E-state index >= 15 is 0 Å². The fraction of sp³-hybridized carbons (Fsp3) is 0.400. The number of ether oxygens (including phenoxy) is 8. The zero-order valence-corrected chi connectivity index (χ0v) is 39.1. The van der Waals surface area contributed by atoms with Crippen LogP contribution in [0.4, 0.5) is 0 Å². The van der Waals surface area contributed by atoms with Crippen molar-refractivity contribution in [2.24, 2.45) is 0 Å². The molecule has 0 spiro atoms. The van der Waals surface area contributed by atoms with Gasteiger partial charge in [-0.25, -0.2) is 0 Å². The summed E-state index contributed by atoms with van der Waals surface area (Å²) in [5.41, 5.74) is 0.893.